The maximum atomic E-state index is 12.7. The quantitative estimate of drug-likeness (QED) is 0.346. The number of hydrazone groups is 1. The standard InChI is InChI=1S/C16H15ClN6O4S2/c17-15-14(22-7-8-28-16(22)19-15)10-18-20-12-4-3-11(9-13(12)23(24)25)29(26,27)21-5-1-2-6-21/h3-4,7-10,20H,1-2,5-6H2/b18-10-. The van der Waals surface area contributed by atoms with E-state index in [1.54, 1.807) is 10.6 Å². The number of nitrogens with zero attached hydrogens (tertiary/aromatic N) is 5. The average molecular weight is 455 g/mol. The largest absolute Gasteiger partial charge is 0.295 e. The van der Waals surface area contributed by atoms with Gasteiger partial charge in [-0.2, -0.15) is 9.41 Å². The molecule has 0 atom stereocenters. The van der Waals surface area contributed by atoms with Gasteiger partial charge in [0.05, 0.1) is 16.0 Å². The number of hydrogen-bond acceptors (Lipinski definition) is 8. The number of fused-ring (bicyclic) bond motifs is 1. The van der Waals surface area contributed by atoms with E-state index in [0.717, 1.165) is 18.9 Å². The Kier molecular flexibility index (Phi) is 5.25. The molecule has 3 aromatic rings. The summed E-state index contributed by atoms with van der Waals surface area (Å²) in [4.78, 5) is 15.6. The number of nitro groups is 1. The molecule has 13 heteroatoms. The predicted octanol–water partition coefficient (Wildman–Crippen LogP) is 3.19. The van der Waals surface area contributed by atoms with Crippen LogP contribution >= 0.6 is 22.9 Å². The normalized spacial score (nSPS) is 15.5. The van der Waals surface area contributed by atoms with Crippen molar-refractivity contribution in [2.45, 2.75) is 17.7 Å². The molecule has 3 heterocycles. The molecule has 0 saturated carbocycles. The Morgan fingerprint density at radius 2 is 2.10 bits per heavy atom. The number of thiazole rings is 1. The van der Waals surface area contributed by atoms with Crippen molar-refractivity contribution >= 4 is 55.5 Å². The predicted molar refractivity (Wildman–Crippen MR) is 110 cm³/mol. The molecule has 1 aromatic carbocycles. The van der Waals surface area contributed by atoms with E-state index in [9.17, 15) is 18.5 Å². The van der Waals surface area contributed by atoms with Gasteiger partial charge in [0.1, 0.15) is 11.4 Å². The van der Waals surface area contributed by atoms with E-state index in [1.807, 2.05) is 5.38 Å². The second-order valence-electron chi connectivity index (χ2n) is 6.26. The molecule has 0 spiro atoms. The summed E-state index contributed by atoms with van der Waals surface area (Å²) >= 11 is 7.49. The Balaban J connectivity index is 1.61. The number of benzene rings is 1. The molecule has 0 radical (unpaired) electrons. The molecule has 0 bridgehead atoms. The molecule has 1 saturated heterocycles. The maximum absolute atomic E-state index is 12.7. The Bertz CT molecular complexity index is 1210. The van der Waals surface area contributed by atoms with Gasteiger partial charge in [-0.3, -0.25) is 19.9 Å². The second-order valence-corrected chi connectivity index (χ2v) is 9.43. The third-order valence-electron chi connectivity index (χ3n) is 4.49. The highest BCUT2D eigenvalue weighted by atomic mass is 35.5. The first-order valence-electron chi connectivity index (χ1n) is 8.56. The molecule has 0 aliphatic carbocycles. The molecular weight excluding hydrogens is 440 g/mol. The van der Waals surface area contributed by atoms with Crippen LogP contribution in [0.15, 0.2) is 39.8 Å². The highest BCUT2D eigenvalue weighted by Crippen LogP contribution is 2.30. The van der Waals surface area contributed by atoms with Crippen LogP contribution in [0.2, 0.25) is 5.15 Å². The summed E-state index contributed by atoms with van der Waals surface area (Å²) < 4.78 is 28.4. The summed E-state index contributed by atoms with van der Waals surface area (Å²) in [5.41, 5.74) is 2.79. The molecule has 1 fully saturated rings. The van der Waals surface area contributed by atoms with Crippen LogP contribution in [0.1, 0.15) is 18.5 Å². The van der Waals surface area contributed by atoms with Crippen LogP contribution in [0, 0.1) is 10.1 Å². The van der Waals surface area contributed by atoms with Gasteiger partial charge in [0.2, 0.25) is 10.0 Å². The molecule has 10 nitrogen and oxygen atoms in total. The molecule has 4 rings (SSSR count). The van der Waals surface area contributed by atoms with Crippen LogP contribution in [-0.4, -0.2) is 46.3 Å². The number of rotatable bonds is 6. The highest BCUT2D eigenvalue weighted by Gasteiger charge is 2.29. The number of aromatic nitrogens is 2. The monoisotopic (exact) mass is 454 g/mol. The first-order chi connectivity index (χ1) is 13.9. The fourth-order valence-corrected chi connectivity index (χ4v) is 5.58. The van der Waals surface area contributed by atoms with Crippen molar-refractivity contribution in [2.75, 3.05) is 18.5 Å². The van der Waals surface area contributed by atoms with E-state index in [0.29, 0.717) is 23.7 Å². The number of anilines is 1. The first-order valence-corrected chi connectivity index (χ1v) is 11.3. The number of hydrogen-bond donors (Lipinski definition) is 1. The van der Waals surface area contributed by atoms with Gasteiger partial charge in [0, 0.05) is 30.7 Å². The molecule has 29 heavy (non-hydrogen) atoms. The lowest BCUT2D eigenvalue weighted by atomic mass is 10.3. The third-order valence-corrected chi connectivity index (χ3v) is 7.42. The van der Waals surface area contributed by atoms with Crippen molar-refractivity contribution in [3.63, 3.8) is 0 Å². The number of imidazole rings is 1. The summed E-state index contributed by atoms with van der Waals surface area (Å²) in [7, 11) is -3.76. The topological polar surface area (TPSA) is 122 Å². The summed E-state index contributed by atoms with van der Waals surface area (Å²) in [5.74, 6) is 0. The molecule has 0 amide bonds. The molecule has 1 aliphatic rings. The minimum absolute atomic E-state index is 0.0637. The zero-order valence-electron chi connectivity index (χ0n) is 14.9. The van der Waals surface area contributed by atoms with E-state index in [4.69, 9.17) is 11.6 Å². The molecule has 1 aliphatic heterocycles. The number of sulfonamides is 1. The average Bonchev–Trinajstić information content (AvgIpc) is 3.41. The van der Waals surface area contributed by atoms with Crippen LogP contribution < -0.4 is 5.43 Å². The molecular formula is C16H15ClN6O4S2. The van der Waals surface area contributed by atoms with Crippen LogP contribution in [-0.2, 0) is 10.0 Å². The van der Waals surface area contributed by atoms with E-state index >= 15 is 0 Å². The van der Waals surface area contributed by atoms with E-state index < -0.39 is 14.9 Å². The molecule has 152 valence electrons. The van der Waals surface area contributed by atoms with Crippen LogP contribution in [0.5, 0.6) is 0 Å². The van der Waals surface area contributed by atoms with Crippen molar-refractivity contribution in [1.82, 2.24) is 13.7 Å². The van der Waals surface area contributed by atoms with Crippen molar-refractivity contribution in [3.8, 4) is 0 Å². The van der Waals surface area contributed by atoms with Crippen molar-refractivity contribution in [1.29, 1.82) is 0 Å². The smallest absolute Gasteiger partial charge is 0.288 e. The van der Waals surface area contributed by atoms with Crippen molar-refractivity contribution in [3.05, 3.63) is 50.7 Å². The van der Waals surface area contributed by atoms with Gasteiger partial charge in [-0.05, 0) is 25.0 Å². The fraction of sp³-hybridized carbons (Fsp3) is 0.250. The van der Waals surface area contributed by atoms with Gasteiger partial charge in [0.25, 0.3) is 5.69 Å². The Morgan fingerprint density at radius 1 is 1.34 bits per heavy atom. The summed E-state index contributed by atoms with van der Waals surface area (Å²) in [6.07, 6.45) is 4.74. The van der Waals surface area contributed by atoms with Crippen LogP contribution in [0.25, 0.3) is 4.96 Å². The summed E-state index contributed by atoms with van der Waals surface area (Å²) in [6.45, 7) is 0.840. The molecule has 1 N–H and O–H groups in total. The number of nitrogens with one attached hydrogen (secondary N) is 1. The lowest BCUT2D eigenvalue weighted by Gasteiger charge is -2.15. The summed E-state index contributed by atoms with van der Waals surface area (Å²) in [5, 5.41) is 17.6. The SMILES string of the molecule is O=[N+]([O-])c1cc(S(=O)(=O)N2CCCC2)ccc1N/N=C\c1c(Cl)nc2sccn12. The molecule has 0 unspecified atom stereocenters. The van der Waals surface area contributed by atoms with Gasteiger partial charge in [-0.1, -0.05) is 11.6 Å². The Hall–Kier alpha value is -2.54. The fourth-order valence-electron chi connectivity index (χ4n) is 3.05. The summed E-state index contributed by atoms with van der Waals surface area (Å²) in [6, 6.07) is 3.71. The number of halogens is 1. The minimum Gasteiger partial charge on any atom is -0.288 e. The Morgan fingerprint density at radius 3 is 2.83 bits per heavy atom. The number of nitro benzene ring substituents is 1. The van der Waals surface area contributed by atoms with Crippen molar-refractivity contribution in [2.24, 2.45) is 5.10 Å². The van der Waals surface area contributed by atoms with E-state index in [1.165, 1.54) is 34.0 Å². The lowest BCUT2D eigenvalue weighted by Crippen LogP contribution is -2.27. The van der Waals surface area contributed by atoms with Gasteiger partial charge in [-0.25, -0.2) is 13.4 Å². The van der Waals surface area contributed by atoms with Gasteiger partial charge >= 0.3 is 0 Å². The van der Waals surface area contributed by atoms with Gasteiger partial charge in [0.15, 0.2) is 10.1 Å². The molecule has 2 aromatic heterocycles. The first kappa shape index (κ1) is 19.8. The van der Waals surface area contributed by atoms with Gasteiger partial charge in [-0.15, -0.1) is 11.3 Å². The van der Waals surface area contributed by atoms with Crippen LogP contribution in [0.3, 0.4) is 0 Å². The lowest BCUT2D eigenvalue weighted by molar-refractivity contribution is -0.384. The van der Waals surface area contributed by atoms with E-state index in [2.05, 4.69) is 15.5 Å². The van der Waals surface area contributed by atoms with Gasteiger partial charge < -0.3 is 0 Å². The zero-order valence-corrected chi connectivity index (χ0v) is 17.2. The zero-order chi connectivity index (χ0) is 20.6. The highest BCUT2D eigenvalue weighted by molar-refractivity contribution is 7.89. The third kappa shape index (κ3) is 3.71. The van der Waals surface area contributed by atoms with Crippen LogP contribution in [0.4, 0.5) is 11.4 Å². The second kappa shape index (κ2) is 7.71. The van der Waals surface area contributed by atoms with Crippen molar-refractivity contribution < 1.29 is 13.3 Å². The minimum atomic E-state index is -3.76. The van der Waals surface area contributed by atoms with E-state index in [-0.39, 0.29) is 21.4 Å². The maximum Gasteiger partial charge on any atom is 0.295 e. The Labute approximate surface area is 174 Å².